The van der Waals surface area contributed by atoms with Gasteiger partial charge in [0, 0.05) is 52.2 Å². The molecule has 4 heterocycles. The van der Waals surface area contributed by atoms with E-state index in [1.165, 1.54) is 0 Å². The van der Waals surface area contributed by atoms with Crippen LogP contribution in [-0.4, -0.2) is 83.8 Å². The number of benzene rings is 2. The molecule has 2 amide bonds. The van der Waals surface area contributed by atoms with Crippen LogP contribution in [0.2, 0.25) is 10.0 Å². The first-order chi connectivity index (χ1) is 19.6. The molecule has 3 atom stereocenters. The van der Waals surface area contributed by atoms with Crippen molar-refractivity contribution >= 4 is 53.3 Å². The second-order valence-corrected chi connectivity index (χ2v) is 12.7. The highest BCUT2D eigenvalue weighted by molar-refractivity contribution is 7.80. The second-order valence-electron chi connectivity index (χ2n) is 11.4. The summed E-state index contributed by atoms with van der Waals surface area (Å²) >= 11 is 17.4. The number of imide groups is 1. The van der Waals surface area contributed by atoms with Gasteiger partial charge in [-0.15, -0.1) is 0 Å². The zero-order valence-electron chi connectivity index (χ0n) is 22.5. The number of alkyl halides is 2. The number of piperidine rings is 2. The topological polar surface area (TPSA) is 59.1 Å². The molecule has 4 aliphatic heterocycles. The number of hydrogen-bond donors (Lipinski definition) is 2. The van der Waals surface area contributed by atoms with Gasteiger partial charge in [0.25, 0.3) is 5.92 Å². The highest BCUT2D eigenvalue weighted by atomic mass is 35.5. The number of nitrogens with one attached hydrogen (secondary N) is 1. The molecule has 6 rings (SSSR count). The normalized spacial score (nSPS) is 27.6. The van der Waals surface area contributed by atoms with Gasteiger partial charge in [0.2, 0.25) is 11.8 Å². The van der Waals surface area contributed by atoms with E-state index in [1.807, 2.05) is 45.0 Å². The van der Waals surface area contributed by atoms with Crippen LogP contribution in [0.4, 0.5) is 14.5 Å². The zero-order chi connectivity index (χ0) is 28.9. The largest absolute Gasteiger partial charge is 0.368 e. The predicted octanol–water partition coefficient (Wildman–Crippen LogP) is 4.57. The van der Waals surface area contributed by atoms with Crippen LogP contribution in [-0.2, 0) is 22.7 Å². The molecule has 220 valence electrons. The lowest BCUT2D eigenvalue weighted by molar-refractivity contribution is -0.137. The maximum Gasteiger partial charge on any atom is 0.275 e. The number of fused-ring (bicyclic) bond motifs is 1. The molecule has 2 aromatic carbocycles. The van der Waals surface area contributed by atoms with Crippen LogP contribution in [0.5, 0.6) is 0 Å². The molecule has 0 spiro atoms. The van der Waals surface area contributed by atoms with E-state index in [0.717, 1.165) is 22.4 Å². The number of nitrogens with zero attached hydrogens (tertiary/aromatic N) is 4. The summed E-state index contributed by atoms with van der Waals surface area (Å²) in [5.41, 5.74) is 3.86. The Hall–Kier alpha value is -1.95. The smallest absolute Gasteiger partial charge is 0.275 e. The number of thiol groups is 1. The van der Waals surface area contributed by atoms with Crippen molar-refractivity contribution in [3.63, 3.8) is 0 Å². The number of carbonyl (C=O) groups excluding carboxylic acids is 2. The first kappa shape index (κ1) is 29.1. The molecule has 4 aliphatic rings. The molecular weight excluding hydrogens is 591 g/mol. The van der Waals surface area contributed by atoms with Crippen LogP contribution in [0.1, 0.15) is 41.3 Å². The van der Waals surface area contributed by atoms with Crippen molar-refractivity contribution in [2.45, 2.75) is 55.7 Å². The molecular formula is C29H33Cl2F2N5O2S. The number of hydrogen-bond acceptors (Lipinski definition) is 7. The van der Waals surface area contributed by atoms with Crippen LogP contribution in [0.25, 0.3) is 0 Å². The minimum atomic E-state index is -2.83. The lowest BCUT2D eigenvalue weighted by Crippen LogP contribution is -2.61. The van der Waals surface area contributed by atoms with Gasteiger partial charge < -0.3 is 4.90 Å². The van der Waals surface area contributed by atoms with E-state index < -0.39 is 18.0 Å². The zero-order valence-corrected chi connectivity index (χ0v) is 24.9. The molecule has 0 bridgehead atoms. The van der Waals surface area contributed by atoms with Gasteiger partial charge in [-0.3, -0.25) is 29.6 Å². The highest BCUT2D eigenvalue weighted by Gasteiger charge is 2.48. The van der Waals surface area contributed by atoms with Gasteiger partial charge >= 0.3 is 0 Å². The number of likely N-dealkylation sites (tertiary alicyclic amines) is 1. The summed E-state index contributed by atoms with van der Waals surface area (Å²) in [7, 11) is 0. The molecule has 0 aliphatic carbocycles. The lowest BCUT2D eigenvalue weighted by Gasteiger charge is -2.46. The van der Waals surface area contributed by atoms with Gasteiger partial charge in [0.15, 0.2) is 0 Å². The van der Waals surface area contributed by atoms with Crippen LogP contribution in [0, 0.1) is 0 Å². The van der Waals surface area contributed by atoms with Crippen LogP contribution in [0.3, 0.4) is 0 Å². The summed E-state index contributed by atoms with van der Waals surface area (Å²) in [6.45, 7) is 3.61. The first-order valence-corrected chi connectivity index (χ1v) is 15.3. The Bertz CT molecular complexity index is 1340. The van der Waals surface area contributed by atoms with Gasteiger partial charge in [0.05, 0.1) is 39.7 Å². The summed E-state index contributed by atoms with van der Waals surface area (Å²) in [6.07, 6.45) is 1.18. The molecule has 3 unspecified atom stereocenters. The number of carbonyl (C=O) groups is 2. The van der Waals surface area contributed by atoms with Crippen molar-refractivity contribution < 1.29 is 18.4 Å². The molecule has 0 radical (unpaired) electrons. The Kier molecular flexibility index (Phi) is 8.26. The number of amides is 2. The molecule has 1 N–H and O–H groups in total. The quantitative estimate of drug-likeness (QED) is 0.376. The number of anilines is 1. The minimum Gasteiger partial charge on any atom is -0.368 e. The lowest BCUT2D eigenvalue weighted by atomic mass is 9.97. The SMILES string of the molecule is O=C1CCC(N2Cc3ccc(CN4CCC(N5CCN(c6cccc(Cl)c6Cl)CC5)C(F)(F)C4)cc3C2S)C(=O)N1. The van der Waals surface area contributed by atoms with E-state index in [2.05, 4.69) is 10.2 Å². The first-order valence-electron chi connectivity index (χ1n) is 14.0. The molecule has 3 saturated heterocycles. The Morgan fingerprint density at radius 3 is 2.54 bits per heavy atom. The monoisotopic (exact) mass is 623 g/mol. The fraction of sp³-hybridized carbons (Fsp3) is 0.517. The van der Waals surface area contributed by atoms with E-state index in [1.54, 1.807) is 6.07 Å². The third-order valence-corrected chi connectivity index (χ3v) is 10.2. The summed E-state index contributed by atoms with van der Waals surface area (Å²) in [4.78, 5) is 31.9. The van der Waals surface area contributed by atoms with Crippen molar-refractivity contribution in [3.8, 4) is 0 Å². The van der Waals surface area contributed by atoms with Crippen molar-refractivity contribution in [2.75, 3.05) is 44.2 Å². The van der Waals surface area contributed by atoms with Crippen LogP contribution < -0.4 is 10.2 Å². The average molecular weight is 625 g/mol. The Morgan fingerprint density at radius 1 is 1.02 bits per heavy atom. The van der Waals surface area contributed by atoms with Gasteiger partial charge in [-0.25, -0.2) is 8.78 Å². The maximum absolute atomic E-state index is 15.5. The molecule has 0 saturated carbocycles. The summed E-state index contributed by atoms with van der Waals surface area (Å²) < 4.78 is 31.1. The Labute approximate surface area is 254 Å². The summed E-state index contributed by atoms with van der Waals surface area (Å²) in [5.74, 6) is -3.36. The van der Waals surface area contributed by atoms with E-state index >= 15 is 8.78 Å². The Morgan fingerprint density at radius 2 is 1.80 bits per heavy atom. The fourth-order valence-corrected chi connectivity index (χ4v) is 7.62. The van der Waals surface area contributed by atoms with Gasteiger partial charge in [-0.1, -0.05) is 47.5 Å². The maximum atomic E-state index is 15.5. The molecule has 3 fully saturated rings. The molecule has 7 nitrogen and oxygen atoms in total. The highest BCUT2D eigenvalue weighted by Crippen LogP contribution is 2.40. The third-order valence-electron chi connectivity index (χ3n) is 8.84. The minimum absolute atomic E-state index is 0.244. The van der Waals surface area contributed by atoms with Crippen molar-refractivity contribution in [3.05, 3.63) is 63.1 Å². The van der Waals surface area contributed by atoms with Crippen molar-refractivity contribution in [1.82, 2.24) is 20.0 Å². The van der Waals surface area contributed by atoms with Crippen LogP contribution >= 0.6 is 35.8 Å². The van der Waals surface area contributed by atoms with Gasteiger partial charge in [-0.05, 0) is 41.7 Å². The van der Waals surface area contributed by atoms with E-state index in [9.17, 15) is 9.59 Å². The standard InChI is InChI=1S/C29H33Cl2F2N5O2S/c30-21-2-1-3-22(26(21)31)36-10-12-37(13-11-36)24-8-9-35(17-29(24,32)33)15-18-4-5-19-16-38(28(41)20(19)14-18)23-6-7-25(39)34-27(23)40/h1-5,14,23-24,28,41H,6-13,15-17H2,(H,34,39,40). The Balaban J connectivity index is 1.06. The average Bonchev–Trinajstić information content (AvgIpc) is 3.25. The molecule has 41 heavy (non-hydrogen) atoms. The predicted molar refractivity (Wildman–Crippen MR) is 159 cm³/mol. The van der Waals surface area contributed by atoms with E-state index in [0.29, 0.717) is 75.1 Å². The third kappa shape index (κ3) is 5.84. The van der Waals surface area contributed by atoms with Crippen molar-refractivity contribution in [2.24, 2.45) is 0 Å². The molecule has 2 aromatic rings. The second kappa shape index (κ2) is 11.6. The summed E-state index contributed by atoms with van der Waals surface area (Å²) in [6, 6.07) is 10.3. The van der Waals surface area contributed by atoms with Crippen molar-refractivity contribution in [1.29, 1.82) is 0 Å². The number of piperazine rings is 1. The number of halogens is 4. The molecule has 0 aromatic heterocycles. The van der Waals surface area contributed by atoms with Gasteiger partial charge in [-0.2, -0.15) is 12.6 Å². The van der Waals surface area contributed by atoms with Gasteiger partial charge in [0.1, 0.15) is 0 Å². The van der Waals surface area contributed by atoms with E-state index in [-0.39, 0.29) is 23.7 Å². The fourth-order valence-electron chi connectivity index (χ4n) is 6.72. The summed E-state index contributed by atoms with van der Waals surface area (Å²) in [5, 5.41) is 3.12. The van der Waals surface area contributed by atoms with Crippen LogP contribution in [0.15, 0.2) is 36.4 Å². The molecule has 12 heteroatoms. The van der Waals surface area contributed by atoms with E-state index in [4.69, 9.17) is 35.8 Å². The number of rotatable bonds is 5.